The second-order valence-electron chi connectivity index (χ2n) is 6.63. The van der Waals surface area contributed by atoms with Gasteiger partial charge in [-0.15, -0.1) is 0 Å². The van der Waals surface area contributed by atoms with Crippen molar-refractivity contribution in [2.75, 3.05) is 38.2 Å². The maximum Gasteiger partial charge on any atom is 0.293 e. The molecule has 154 valence electrons. The Morgan fingerprint density at radius 3 is 2.34 bits per heavy atom. The first kappa shape index (κ1) is 20.7. The summed E-state index contributed by atoms with van der Waals surface area (Å²) in [6, 6.07) is 11.5. The van der Waals surface area contributed by atoms with Crippen molar-refractivity contribution in [3.8, 4) is 0 Å². The van der Waals surface area contributed by atoms with E-state index in [9.17, 15) is 18.5 Å². The van der Waals surface area contributed by atoms with Crippen molar-refractivity contribution in [2.24, 2.45) is 5.16 Å². The smallest absolute Gasteiger partial charge is 0.293 e. The Morgan fingerprint density at radius 2 is 1.76 bits per heavy atom. The van der Waals surface area contributed by atoms with Crippen LogP contribution in [0.3, 0.4) is 0 Å². The zero-order chi connectivity index (χ0) is 21.0. The number of nitro groups is 1. The highest BCUT2D eigenvalue weighted by Crippen LogP contribution is 2.30. The van der Waals surface area contributed by atoms with Crippen molar-refractivity contribution in [1.29, 1.82) is 0 Å². The van der Waals surface area contributed by atoms with E-state index in [2.05, 4.69) is 9.99 Å². The van der Waals surface area contributed by atoms with E-state index in [1.807, 2.05) is 11.8 Å². The Hall–Kier alpha value is -2.98. The van der Waals surface area contributed by atoms with Gasteiger partial charge in [-0.3, -0.25) is 10.1 Å². The second kappa shape index (κ2) is 8.58. The van der Waals surface area contributed by atoms with Crippen LogP contribution in [0.4, 0.5) is 11.4 Å². The Morgan fingerprint density at radius 1 is 1.10 bits per heavy atom. The number of nitro benzene ring substituents is 1. The van der Waals surface area contributed by atoms with Gasteiger partial charge in [0.15, 0.2) is 0 Å². The first-order valence-corrected chi connectivity index (χ1v) is 10.4. The molecule has 2 aromatic rings. The Balaban J connectivity index is 1.77. The molecule has 0 bridgehead atoms. The van der Waals surface area contributed by atoms with Gasteiger partial charge in [-0.2, -0.15) is 4.31 Å². The molecule has 0 aromatic heterocycles. The lowest BCUT2D eigenvalue weighted by molar-refractivity contribution is -0.384. The lowest BCUT2D eigenvalue weighted by Gasteiger charge is -2.35. The second-order valence-corrected chi connectivity index (χ2v) is 8.56. The van der Waals surface area contributed by atoms with Crippen molar-refractivity contribution >= 4 is 27.6 Å². The molecule has 2 aromatic carbocycles. The topological polar surface area (TPSA) is 105 Å². The summed E-state index contributed by atoms with van der Waals surface area (Å²) in [5, 5.41) is 15.1. The van der Waals surface area contributed by atoms with Gasteiger partial charge in [0.25, 0.3) is 5.69 Å². The summed E-state index contributed by atoms with van der Waals surface area (Å²) in [6.45, 7) is 3.11. The van der Waals surface area contributed by atoms with Crippen LogP contribution in [0.1, 0.15) is 11.1 Å². The molecular formula is C19H22N4O5S. The van der Waals surface area contributed by atoms with Gasteiger partial charge in [0.2, 0.25) is 10.0 Å². The van der Waals surface area contributed by atoms with Gasteiger partial charge in [0.1, 0.15) is 12.8 Å². The number of hydrogen-bond donors (Lipinski definition) is 0. The van der Waals surface area contributed by atoms with E-state index in [0.29, 0.717) is 24.3 Å². The molecule has 0 spiro atoms. The van der Waals surface area contributed by atoms with E-state index in [4.69, 9.17) is 0 Å². The quantitative estimate of drug-likeness (QED) is 0.405. The molecule has 0 saturated carbocycles. The number of rotatable bonds is 6. The van der Waals surface area contributed by atoms with Gasteiger partial charge >= 0.3 is 0 Å². The summed E-state index contributed by atoms with van der Waals surface area (Å²) in [5.41, 5.74) is 1.93. The molecule has 0 N–H and O–H groups in total. The number of aryl methyl sites for hydroxylation is 1. The monoisotopic (exact) mass is 418 g/mol. The summed E-state index contributed by atoms with van der Waals surface area (Å²) < 4.78 is 27.1. The third-order valence-electron chi connectivity index (χ3n) is 4.74. The van der Waals surface area contributed by atoms with Crippen LogP contribution in [0.25, 0.3) is 0 Å². The molecule has 0 amide bonds. The number of oxime groups is 1. The zero-order valence-electron chi connectivity index (χ0n) is 16.2. The standard InChI is InChI=1S/C19H22N4O5S/c1-15-3-6-17(7-4-15)29(26,27)22-11-9-21(10-12-22)18-8-5-16(14-20-28-2)13-19(18)23(24)25/h3-8,13-14H,9-12H2,1-2H3/b20-14+. The molecule has 1 aliphatic heterocycles. The summed E-state index contributed by atoms with van der Waals surface area (Å²) >= 11 is 0. The van der Waals surface area contributed by atoms with Crippen LogP contribution in [0.2, 0.25) is 0 Å². The van der Waals surface area contributed by atoms with Crippen LogP contribution in [0.5, 0.6) is 0 Å². The fourth-order valence-electron chi connectivity index (χ4n) is 3.18. The minimum Gasteiger partial charge on any atom is -0.399 e. The maximum atomic E-state index is 12.8. The predicted octanol–water partition coefficient (Wildman–Crippen LogP) is 2.39. The van der Waals surface area contributed by atoms with Crippen LogP contribution in [0, 0.1) is 17.0 Å². The summed E-state index contributed by atoms with van der Waals surface area (Å²) in [5.74, 6) is 0. The van der Waals surface area contributed by atoms with Crippen molar-refractivity contribution in [3.05, 3.63) is 63.7 Å². The lowest BCUT2D eigenvalue weighted by atomic mass is 10.1. The number of hydrogen-bond acceptors (Lipinski definition) is 7. The number of sulfonamides is 1. The number of piperazine rings is 1. The van der Waals surface area contributed by atoms with Gasteiger partial charge in [-0.1, -0.05) is 28.9 Å². The normalized spacial score (nSPS) is 15.6. The molecule has 9 nitrogen and oxygen atoms in total. The highest BCUT2D eigenvalue weighted by atomic mass is 32.2. The lowest BCUT2D eigenvalue weighted by Crippen LogP contribution is -2.48. The van der Waals surface area contributed by atoms with Gasteiger partial charge in [-0.05, 0) is 25.1 Å². The minimum absolute atomic E-state index is 0.0557. The molecule has 29 heavy (non-hydrogen) atoms. The van der Waals surface area contributed by atoms with Crippen molar-refractivity contribution < 1.29 is 18.2 Å². The average molecular weight is 418 g/mol. The number of nitrogens with zero attached hydrogens (tertiary/aromatic N) is 4. The first-order valence-electron chi connectivity index (χ1n) is 8.99. The van der Waals surface area contributed by atoms with Gasteiger partial charge in [0, 0.05) is 37.8 Å². The van der Waals surface area contributed by atoms with E-state index in [0.717, 1.165) is 5.56 Å². The molecule has 3 rings (SSSR count). The predicted molar refractivity (Wildman–Crippen MR) is 110 cm³/mol. The largest absolute Gasteiger partial charge is 0.399 e. The zero-order valence-corrected chi connectivity index (χ0v) is 17.0. The number of anilines is 1. The number of benzene rings is 2. The van der Waals surface area contributed by atoms with Crippen LogP contribution < -0.4 is 4.90 Å². The molecular weight excluding hydrogens is 396 g/mol. The van der Waals surface area contributed by atoms with Crippen LogP contribution in [0.15, 0.2) is 52.5 Å². The van der Waals surface area contributed by atoms with Crippen molar-refractivity contribution in [1.82, 2.24) is 4.31 Å². The highest BCUT2D eigenvalue weighted by molar-refractivity contribution is 7.89. The van der Waals surface area contributed by atoms with E-state index in [1.54, 1.807) is 36.4 Å². The molecule has 1 heterocycles. The molecule has 1 fully saturated rings. The van der Waals surface area contributed by atoms with Crippen LogP contribution in [-0.4, -0.2) is 57.1 Å². The Bertz CT molecular complexity index is 1010. The molecule has 0 unspecified atom stereocenters. The van der Waals surface area contributed by atoms with E-state index in [1.165, 1.54) is 23.7 Å². The fraction of sp³-hybridized carbons (Fsp3) is 0.316. The molecule has 0 radical (unpaired) electrons. The van der Waals surface area contributed by atoms with Crippen LogP contribution >= 0.6 is 0 Å². The van der Waals surface area contributed by atoms with Crippen molar-refractivity contribution in [2.45, 2.75) is 11.8 Å². The summed E-state index contributed by atoms with van der Waals surface area (Å²) in [6.07, 6.45) is 1.39. The van der Waals surface area contributed by atoms with E-state index >= 15 is 0 Å². The molecule has 0 atom stereocenters. The van der Waals surface area contributed by atoms with E-state index in [-0.39, 0.29) is 23.7 Å². The highest BCUT2D eigenvalue weighted by Gasteiger charge is 2.30. The molecule has 1 aliphatic rings. The summed E-state index contributed by atoms with van der Waals surface area (Å²) in [4.78, 5) is 17.8. The third kappa shape index (κ3) is 4.54. The summed E-state index contributed by atoms with van der Waals surface area (Å²) in [7, 11) is -2.19. The molecule has 1 saturated heterocycles. The third-order valence-corrected chi connectivity index (χ3v) is 6.65. The van der Waals surface area contributed by atoms with Crippen LogP contribution in [-0.2, 0) is 14.9 Å². The average Bonchev–Trinajstić information content (AvgIpc) is 2.72. The SMILES string of the molecule is CO/N=C/c1ccc(N2CCN(S(=O)(=O)c3ccc(C)cc3)CC2)c([N+](=O)[O-])c1. The molecule has 10 heteroatoms. The van der Waals surface area contributed by atoms with E-state index < -0.39 is 14.9 Å². The van der Waals surface area contributed by atoms with Gasteiger partial charge in [0.05, 0.1) is 16.0 Å². The van der Waals surface area contributed by atoms with Gasteiger partial charge in [-0.25, -0.2) is 8.42 Å². The fourth-order valence-corrected chi connectivity index (χ4v) is 4.60. The molecule has 0 aliphatic carbocycles. The van der Waals surface area contributed by atoms with Gasteiger partial charge < -0.3 is 9.74 Å². The Labute approximate surface area is 169 Å². The first-order chi connectivity index (χ1) is 13.8. The minimum atomic E-state index is -3.59. The maximum absolute atomic E-state index is 12.8. The Kier molecular flexibility index (Phi) is 6.14. The van der Waals surface area contributed by atoms with Crippen molar-refractivity contribution in [3.63, 3.8) is 0 Å².